The van der Waals surface area contributed by atoms with Crippen LogP contribution < -0.4 is 16.8 Å². The molecule has 0 saturated carbocycles. The van der Waals surface area contributed by atoms with E-state index in [9.17, 15) is 19.5 Å². The predicted molar refractivity (Wildman–Crippen MR) is 117 cm³/mol. The zero-order valence-electron chi connectivity index (χ0n) is 17.6. The summed E-state index contributed by atoms with van der Waals surface area (Å²) in [5.41, 5.74) is 15.1. The maximum atomic E-state index is 12.3. The van der Waals surface area contributed by atoms with Gasteiger partial charge in [-0.25, -0.2) is 9.78 Å². The number of carbonyl (C=O) groups is 3. The predicted octanol–water partition coefficient (Wildman–Crippen LogP) is 1.74. The quantitative estimate of drug-likeness (QED) is 0.367. The van der Waals surface area contributed by atoms with E-state index in [1.807, 2.05) is 12.1 Å². The number of benzene rings is 1. The van der Waals surface area contributed by atoms with Gasteiger partial charge < -0.3 is 27.0 Å². The number of nitrogens with two attached hydrogens (primary N) is 2. The summed E-state index contributed by atoms with van der Waals surface area (Å²) >= 11 is 0. The number of amides is 1. The van der Waals surface area contributed by atoms with Crippen molar-refractivity contribution in [2.45, 2.75) is 56.9 Å². The molecular weight excluding hydrogens is 414 g/mol. The summed E-state index contributed by atoms with van der Waals surface area (Å²) < 4.78 is 0. The zero-order valence-corrected chi connectivity index (χ0v) is 17.6. The molecule has 0 fully saturated rings. The third-order valence-electron chi connectivity index (χ3n) is 5.69. The maximum absolute atomic E-state index is 12.3. The minimum absolute atomic E-state index is 0.180. The van der Waals surface area contributed by atoms with Crippen LogP contribution in [0.25, 0.3) is 0 Å². The SMILES string of the molecule is Nc1nc(N)c2c(n1)CCC2CCCc1ccc(C(=O)N[C@H](CCC(=O)O)C(=O)O)cc1. The van der Waals surface area contributed by atoms with Crippen molar-refractivity contribution < 1.29 is 24.6 Å². The number of hydrogen-bond acceptors (Lipinski definition) is 7. The van der Waals surface area contributed by atoms with Crippen LogP contribution in [0.1, 0.15) is 65.2 Å². The molecule has 1 unspecified atom stereocenters. The first-order valence-corrected chi connectivity index (χ1v) is 10.5. The Balaban J connectivity index is 1.52. The molecule has 10 heteroatoms. The number of aryl methyl sites for hydroxylation is 2. The summed E-state index contributed by atoms with van der Waals surface area (Å²) in [5.74, 6) is -1.94. The van der Waals surface area contributed by atoms with E-state index in [-0.39, 0.29) is 18.8 Å². The number of aliphatic carboxylic acids is 2. The molecule has 1 heterocycles. The Hall–Kier alpha value is -3.69. The van der Waals surface area contributed by atoms with Crippen LogP contribution >= 0.6 is 0 Å². The molecule has 0 saturated heterocycles. The van der Waals surface area contributed by atoms with Crippen molar-refractivity contribution in [3.63, 3.8) is 0 Å². The van der Waals surface area contributed by atoms with Gasteiger partial charge >= 0.3 is 11.9 Å². The van der Waals surface area contributed by atoms with Crippen molar-refractivity contribution in [2.75, 3.05) is 11.5 Å². The fraction of sp³-hybridized carbons (Fsp3) is 0.409. The molecule has 1 aliphatic rings. The van der Waals surface area contributed by atoms with Gasteiger partial charge in [0, 0.05) is 17.5 Å². The van der Waals surface area contributed by atoms with Gasteiger partial charge in [0.25, 0.3) is 5.91 Å². The highest BCUT2D eigenvalue weighted by atomic mass is 16.4. The van der Waals surface area contributed by atoms with Crippen LogP contribution in [0.3, 0.4) is 0 Å². The van der Waals surface area contributed by atoms with E-state index in [1.165, 1.54) is 0 Å². The molecule has 0 aliphatic heterocycles. The Labute approximate surface area is 185 Å². The standard InChI is InChI=1S/C22H27N5O5/c23-19-18-13(8-9-15(18)26-22(24)27-19)3-1-2-12-4-6-14(7-5-12)20(30)25-16(21(31)32)10-11-17(28)29/h4-7,13,16H,1-3,8-11H2,(H,25,30)(H,28,29)(H,31,32)(H4,23,24,26,27)/t13?,16-/m1/s1. The summed E-state index contributed by atoms with van der Waals surface area (Å²) in [6.45, 7) is 0. The van der Waals surface area contributed by atoms with Crippen molar-refractivity contribution in [1.29, 1.82) is 0 Å². The average molecular weight is 441 g/mol. The number of anilines is 2. The number of nitrogen functional groups attached to an aromatic ring is 2. The highest BCUT2D eigenvalue weighted by molar-refractivity contribution is 5.96. The Kier molecular flexibility index (Phi) is 7.24. The fourth-order valence-corrected chi connectivity index (χ4v) is 4.08. The second-order valence-electron chi connectivity index (χ2n) is 7.95. The van der Waals surface area contributed by atoms with Crippen LogP contribution in [0.5, 0.6) is 0 Å². The van der Waals surface area contributed by atoms with E-state index in [0.29, 0.717) is 17.3 Å². The normalized spacial score (nSPS) is 15.7. The van der Waals surface area contributed by atoms with Gasteiger partial charge in [-0.1, -0.05) is 12.1 Å². The Morgan fingerprint density at radius 2 is 1.84 bits per heavy atom. The van der Waals surface area contributed by atoms with Crippen LogP contribution in [-0.4, -0.2) is 44.1 Å². The van der Waals surface area contributed by atoms with Gasteiger partial charge in [-0.3, -0.25) is 9.59 Å². The summed E-state index contributed by atoms with van der Waals surface area (Å²) in [4.78, 5) is 42.6. The number of carbonyl (C=O) groups excluding carboxylic acids is 1. The highest BCUT2D eigenvalue weighted by Crippen LogP contribution is 2.38. The summed E-state index contributed by atoms with van der Waals surface area (Å²) in [5, 5.41) is 20.3. The topological polar surface area (TPSA) is 182 Å². The van der Waals surface area contributed by atoms with Gasteiger partial charge in [0.2, 0.25) is 5.95 Å². The molecule has 0 spiro atoms. The first-order valence-electron chi connectivity index (χ1n) is 10.5. The Morgan fingerprint density at radius 1 is 1.12 bits per heavy atom. The van der Waals surface area contributed by atoms with Gasteiger partial charge in [0.1, 0.15) is 11.9 Å². The fourth-order valence-electron chi connectivity index (χ4n) is 4.08. The number of rotatable bonds is 10. The molecule has 10 nitrogen and oxygen atoms in total. The van der Waals surface area contributed by atoms with Crippen molar-refractivity contribution in [3.05, 3.63) is 46.6 Å². The Bertz CT molecular complexity index is 1010. The van der Waals surface area contributed by atoms with E-state index >= 15 is 0 Å². The Morgan fingerprint density at radius 3 is 2.50 bits per heavy atom. The molecule has 2 atom stereocenters. The van der Waals surface area contributed by atoms with Gasteiger partial charge in [0.05, 0.1) is 5.69 Å². The number of carboxylic acid groups (broad SMARTS) is 2. The second-order valence-corrected chi connectivity index (χ2v) is 7.95. The molecule has 1 aromatic heterocycles. The van der Waals surface area contributed by atoms with Gasteiger partial charge in [-0.15, -0.1) is 0 Å². The van der Waals surface area contributed by atoms with Crippen molar-refractivity contribution in [2.24, 2.45) is 0 Å². The van der Waals surface area contributed by atoms with E-state index in [4.69, 9.17) is 16.6 Å². The van der Waals surface area contributed by atoms with E-state index in [1.54, 1.807) is 12.1 Å². The lowest BCUT2D eigenvalue weighted by atomic mass is 9.94. The lowest BCUT2D eigenvalue weighted by Crippen LogP contribution is -2.41. The number of hydrogen-bond donors (Lipinski definition) is 5. The highest BCUT2D eigenvalue weighted by Gasteiger charge is 2.27. The number of carboxylic acids is 2. The molecule has 32 heavy (non-hydrogen) atoms. The van der Waals surface area contributed by atoms with Crippen LogP contribution in [-0.2, 0) is 22.4 Å². The van der Waals surface area contributed by atoms with E-state index in [0.717, 1.165) is 48.9 Å². The lowest BCUT2D eigenvalue weighted by molar-refractivity contribution is -0.140. The first kappa shape index (κ1) is 23.0. The minimum Gasteiger partial charge on any atom is -0.481 e. The lowest BCUT2D eigenvalue weighted by Gasteiger charge is -2.14. The second kappa shape index (κ2) is 10.1. The summed E-state index contributed by atoms with van der Waals surface area (Å²) in [7, 11) is 0. The largest absolute Gasteiger partial charge is 0.481 e. The molecule has 1 aromatic carbocycles. The molecule has 0 radical (unpaired) electrons. The monoisotopic (exact) mass is 441 g/mol. The van der Waals surface area contributed by atoms with Crippen molar-refractivity contribution >= 4 is 29.6 Å². The van der Waals surface area contributed by atoms with Gasteiger partial charge in [0.15, 0.2) is 0 Å². The first-order chi connectivity index (χ1) is 15.2. The van der Waals surface area contributed by atoms with Gasteiger partial charge in [-0.05, 0) is 62.1 Å². The molecule has 3 rings (SSSR count). The van der Waals surface area contributed by atoms with Crippen LogP contribution in [0, 0.1) is 0 Å². The molecule has 0 bridgehead atoms. The van der Waals surface area contributed by atoms with E-state index in [2.05, 4.69) is 15.3 Å². The van der Waals surface area contributed by atoms with E-state index < -0.39 is 23.9 Å². The number of aromatic nitrogens is 2. The molecule has 7 N–H and O–H groups in total. The third-order valence-corrected chi connectivity index (χ3v) is 5.69. The molecule has 1 aliphatic carbocycles. The number of nitrogens with zero attached hydrogens (tertiary/aromatic N) is 2. The molecular formula is C22H27N5O5. The number of nitrogens with one attached hydrogen (secondary N) is 1. The summed E-state index contributed by atoms with van der Waals surface area (Å²) in [6.07, 6.45) is 3.99. The zero-order chi connectivity index (χ0) is 23.3. The average Bonchev–Trinajstić information content (AvgIpc) is 3.14. The van der Waals surface area contributed by atoms with Crippen LogP contribution in [0.15, 0.2) is 24.3 Å². The molecule has 1 amide bonds. The third kappa shape index (κ3) is 5.71. The minimum atomic E-state index is -1.27. The molecule has 170 valence electrons. The molecule has 2 aromatic rings. The van der Waals surface area contributed by atoms with Crippen LogP contribution in [0.4, 0.5) is 11.8 Å². The maximum Gasteiger partial charge on any atom is 0.326 e. The van der Waals surface area contributed by atoms with Crippen LogP contribution in [0.2, 0.25) is 0 Å². The number of fused-ring (bicyclic) bond motifs is 1. The van der Waals surface area contributed by atoms with Gasteiger partial charge in [-0.2, -0.15) is 4.98 Å². The van der Waals surface area contributed by atoms with Crippen molar-refractivity contribution in [1.82, 2.24) is 15.3 Å². The van der Waals surface area contributed by atoms with Crippen molar-refractivity contribution in [3.8, 4) is 0 Å². The summed E-state index contributed by atoms with van der Waals surface area (Å²) in [6, 6.07) is 5.70. The smallest absolute Gasteiger partial charge is 0.326 e.